The molecule has 0 fully saturated rings. The number of anilines is 1. The largest absolute Gasteiger partial charge is 0.478 e. The first-order chi connectivity index (χ1) is 6.18. The summed E-state index contributed by atoms with van der Waals surface area (Å²) >= 11 is 5.89. The molecule has 0 bridgehead atoms. The molecule has 13 heavy (non-hydrogen) atoms. The van der Waals surface area contributed by atoms with Gasteiger partial charge in [-0.2, -0.15) is 0 Å². The molecule has 0 saturated carbocycles. The van der Waals surface area contributed by atoms with E-state index in [1.807, 2.05) is 0 Å². The van der Waals surface area contributed by atoms with Crippen molar-refractivity contribution in [2.24, 2.45) is 0 Å². The van der Waals surface area contributed by atoms with Crippen LogP contribution in [0.2, 0.25) is 5.02 Å². The van der Waals surface area contributed by atoms with Gasteiger partial charge in [-0.15, -0.1) is 0 Å². The fourth-order valence-electron chi connectivity index (χ4n) is 1.50. The number of hydrogen-bond donors (Lipinski definition) is 2. The van der Waals surface area contributed by atoms with Gasteiger partial charge in [0.1, 0.15) is 0 Å². The molecule has 1 heterocycles. The van der Waals surface area contributed by atoms with Crippen molar-refractivity contribution in [3.63, 3.8) is 0 Å². The van der Waals surface area contributed by atoms with E-state index >= 15 is 0 Å². The number of fused-ring (bicyclic) bond motifs is 1. The van der Waals surface area contributed by atoms with Gasteiger partial charge >= 0.3 is 5.97 Å². The molecule has 4 heteroatoms. The van der Waals surface area contributed by atoms with Gasteiger partial charge in [-0.05, 0) is 24.1 Å². The fraction of sp³-hybridized carbons (Fsp3) is 0.222. The minimum atomic E-state index is -0.934. The first-order valence-corrected chi connectivity index (χ1v) is 4.36. The summed E-state index contributed by atoms with van der Waals surface area (Å²) < 4.78 is 0. The van der Waals surface area contributed by atoms with Crippen molar-refractivity contribution in [2.45, 2.75) is 6.42 Å². The zero-order chi connectivity index (χ0) is 9.42. The molecule has 0 aliphatic carbocycles. The Balaban J connectivity index is 2.55. The van der Waals surface area contributed by atoms with Crippen LogP contribution in [0.5, 0.6) is 0 Å². The van der Waals surface area contributed by atoms with Crippen molar-refractivity contribution >= 4 is 23.3 Å². The second-order valence-corrected chi connectivity index (χ2v) is 3.38. The molecule has 0 atom stereocenters. The summed E-state index contributed by atoms with van der Waals surface area (Å²) in [5.74, 6) is -0.934. The lowest BCUT2D eigenvalue weighted by atomic mass is 10.1. The molecular weight excluding hydrogens is 190 g/mol. The Morgan fingerprint density at radius 1 is 1.54 bits per heavy atom. The van der Waals surface area contributed by atoms with E-state index < -0.39 is 5.97 Å². The Morgan fingerprint density at radius 3 is 3.00 bits per heavy atom. The molecule has 3 nitrogen and oxygen atoms in total. The first kappa shape index (κ1) is 8.38. The Kier molecular flexibility index (Phi) is 1.88. The van der Waals surface area contributed by atoms with Gasteiger partial charge in [0.2, 0.25) is 0 Å². The maximum absolute atomic E-state index is 10.7. The highest BCUT2D eigenvalue weighted by Crippen LogP contribution is 2.31. The molecule has 0 radical (unpaired) electrons. The first-order valence-electron chi connectivity index (χ1n) is 3.98. The molecule has 0 unspecified atom stereocenters. The number of nitrogens with one attached hydrogen (secondary N) is 1. The highest BCUT2D eigenvalue weighted by atomic mass is 35.5. The number of benzene rings is 1. The second kappa shape index (κ2) is 2.92. The zero-order valence-corrected chi connectivity index (χ0v) is 7.56. The van der Waals surface area contributed by atoms with Crippen LogP contribution >= 0.6 is 11.6 Å². The number of carbonyl (C=O) groups is 1. The maximum atomic E-state index is 10.7. The molecule has 0 saturated heterocycles. The van der Waals surface area contributed by atoms with Crippen molar-refractivity contribution < 1.29 is 9.90 Å². The van der Waals surface area contributed by atoms with Gasteiger partial charge in [-0.25, -0.2) is 4.79 Å². The second-order valence-electron chi connectivity index (χ2n) is 2.97. The Hall–Kier alpha value is -1.22. The van der Waals surface area contributed by atoms with E-state index in [1.165, 1.54) is 6.07 Å². The van der Waals surface area contributed by atoms with Gasteiger partial charge < -0.3 is 10.4 Å². The molecule has 1 aliphatic rings. The molecule has 2 N–H and O–H groups in total. The van der Waals surface area contributed by atoms with Crippen LogP contribution in [0.3, 0.4) is 0 Å². The van der Waals surface area contributed by atoms with Gasteiger partial charge in [-0.1, -0.05) is 11.6 Å². The van der Waals surface area contributed by atoms with Gasteiger partial charge in [0.05, 0.1) is 16.3 Å². The van der Waals surface area contributed by atoms with Crippen molar-refractivity contribution in [1.29, 1.82) is 0 Å². The average Bonchev–Trinajstić information content (AvgIpc) is 2.51. The number of rotatable bonds is 1. The van der Waals surface area contributed by atoms with E-state index in [-0.39, 0.29) is 5.56 Å². The number of hydrogen-bond acceptors (Lipinski definition) is 2. The Labute approximate surface area is 80.3 Å². The summed E-state index contributed by atoms with van der Waals surface area (Å²) in [4.78, 5) is 10.7. The average molecular weight is 198 g/mol. The van der Waals surface area contributed by atoms with Gasteiger partial charge in [0, 0.05) is 6.54 Å². The lowest BCUT2D eigenvalue weighted by Gasteiger charge is -2.03. The molecule has 2 rings (SSSR count). The monoisotopic (exact) mass is 197 g/mol. The third-order valence-electron chi connectivity index (χ3n) is 2.11. The van der Waals surface area contributed by atoms with Gasteiger partial charge in [0.15, 0.2) is 0 Å². The fourth-order valence-corrected chi connectivity index (χ4v) is 1.81. The summed E-state index contributed by atoms with van der Waals surface area (Å²) in [5.41, 5.74) is 2.13. The maximum Gasteiger partial charge on any atom is 0.335 e. The summed E-state index contributed by atoms with van der Waals surface area (Å²) in [6, 6.07) is 3.14. The van der Waals surface area contributed by atoms with E-state index in [4.69, 9.17) is 16.7 Å². The summed E-state index contributed by atoms with van der Waals surface area (Å²) in [6.45, 7) is 0.831. The molecule has 1 aliphatic heterocycles. The van der Waals surface area contributed by atoms with Crippen LogP contribution in [0.15, 0.2) is 12.1 Å². The highest BCUT2D eigenvalue weighted by Gasteiger charge is 2.16. The summed E-state index contributed by atoms with van der Waals surface area (Å²) in [6.07, 6.45) is 0.843. The van der Waals surface area contributed by atoms with Crippen molar-refractivity contribution in [3.8, 4) is 0 Å². The van der Waals surface area contributed by atoms with Gasteiger partial charge in [0.25, 0.3) is 0 Å². The standard InChI is InChI=1S/C9H8ClNO2/c10-7-4-6(9(12)13)3-5-1-2-11-8(5)7/h3-4,11H,1-2H2,(H,12,13). The quantitative estimate of drug-likeness (QED) is 0.724. The van der Waals surface area contributed by atoms with Crippen LogP contribution in [-0.4, -0.2) is 17.6 Å². The summed E-state index contributed by atoms with van der Waals surface area (Å²) in [5, 5.41) is 12.4. The van der Waals surface area contributed by atoms with E-state index in [2.05, 4.69) is 5.32 Å². The minimum absolute atomic E-state index is 0.257. The molecule has 0 spiro atoms. The molecule has 0 aromatic heterocycles. The van der Waals surface area contributed by atoms with Crippen LogP contribution in [-0.2, 0) is 6.42 Å². The van der Waals surface area contributed by atoms with Crippen LogP contribution in [0.25, 0.3) is 0 Å². The SMILES string of the molecule is O=C(O)c1cc(Cl)c2c(c1)CCN2. The lowest BCUT2D eigenvalue weighted by molar-refractivity contribution is 0.0697. The number of carboxylic acid groups (broad SMARTS) is 1. The summed E-state index contributed by atoms with van der Waals surface area (Å²) in [7, 11) is 0. The molecule has 68 valence electrons. The highest BCUT2D eigenvalue weighted by molar-refractivity contribution is 6.33. The number of carboxylic acids is 1. The number of aromatic carboxylic acids is 1. The van der Waals surface area contributed by atoms with Crippen molar-refractivity contribution in [2.75, 3.05) is 11.9 Å². The number of halogens is 1. The van der Waals surface area contributed by atoms with Crippen LogP contribution in [0, 0.1) is 0 Å². The van der Waals surface area contributed by atoms with Crippen LogP contribution in [0.1, 0.15) is 15.9 Å². The van der Waals surface area contributed by atoms with Crippen LogP contribution in [0.4, 0.5) is 5.69 Å². The zero-order valence-electron chi connectivity index (χ0n) is 6.80. The Morgan fingerprint density at radius 2 is 2.31 bits per heavy atom. The lowest BCUT2D eigenvalue weighted by Crippen LogP contribution is -1.97. The topological polar surface area (TPSA) is 49.3 Å². The van der Waals surface area contributed by atoms with E-state index in [9.17, 15) is 4.79 Å². The van der Waals surface area contributed by atoms with E-state index in [1.54, 1.807) is 6.07 Å². The molecule has 0 amide bonds. The molecule has 1 aromatic rings. The van der Waals surface area contributed by atoms with E-state index in [0.29, 0.717) is 5.02 Å². The predicted octanol–water partition coefficient (Wildman–Crippen LogP) is 2.01. The van der Waals surface area contributed by atoms with E-state index in [0.717, 1.165) is 24.2 Å². The Bertz CT molecular complexity index is 376. The van der Waals surface area contributed by atoms with Gasteiger partial charge in [-0.3, -0.25) is 0 Å². The normalized spacial score (nSPS) is 13.6. The third kappa shape index (κ3) is 1.35. The molecule has 1 aromatic carbocycles. The third-order valence-corrected chi connectivity index (χ3v) is 2.41. The van der Waals surface area contributed by atoms with Crippen molar-refractivity contribution in [1.82, 2.24) is 0 Å². The van der Waals surface area contributed by atoms with Crippen molar-refractivity contribution in [3.05, 3.63) is 28.3 Å². The smallest absolute Gasteiger partial charge is 0.335 e. The predicted molar refractivity (Wildman–Crippen MR) is 50.6 cm³/mol. The minimum Gasteiger partial charge on any atom is -0.478 e. The molecular formula is C9H8ClNO2. The van der Waals surface area contributed by atoms with Crippen LogP contribution < -0.4 is 5.32 Å².